The molecule has 1 aliphatic rings. The summed E-state index contributed by atoms with van der Waals surface area (Å²) in [6.45, 7) is 3.95. The number of ether oxygens (including phenoxy) is 3. The number of rotatable bonds is 8. The van der Waals surface area contributed by atoms with Gasteiger partial charge in [-0.25, -0.2) is 0 Å². The van der Waals surface area contributed by atoms with E-state index in [1.807, 2.05) is 12.1 Å². The minimum Gasteiger partial charge on any atom is -0.496 e. The van der Waals surface area contributed by atoms with Gasteiger partial charge in [-0.1, -0.05) is 13.0 Å². The molecular weight excluding hydrogens is 266 g/mol. The summed E-state index contributed by atoms with van der Waals surface area (Å²) in [6.07, 6.45) is 5.18. The van der Waals surface area contributed by atoms with Crippen LogP contribution in [-0.2, 0) is 11.2 Å². The van der Waals surface area contributed by atoms with Gasteiger partial charge in [0.25, 0.3) is 0 Å². The van der Waals surface area contributed by atoms with Crippen molar-refractivity contribution in [2.24, 2.45) is 0 Å². The molecule has 1 heterocycles. The Morgan fingerprint density at radius 2 is 2.05 bits per heavy atom. The van der Waals surface area contributed by atoms with Crippen LogP contribution >= 0.6 is 0 Å². The van der Waals surface area contributed by atoms with Gasteiger partial charge in [-0.15, -0.1) is 0 Å². The Morgan fingerprint density at radius 1 is 1.24 bits per heavy atom. The van der Waals surface area contributed by atoms with E-state index in [2.05, 4.69) is 24.4 Å². The second-order valence-corrected chi connectivity index (χ2v) is 5.14. The topological polar surface area (TPSA) is 39.7 Å². The number of hydrogen-bond acceptors (Lipinski definition) is 4. The summed E-state index contributed by atoms with van der Waals surface area (Å²) < 4.78 is 16.4. The highest BCUT2D eigenvalue weighted by Crippen LogP contribution is 2.28. The zero-order valence-electron chi connectivity index (χ0n) is 13.1. The van der Waals surface area contributed by atoms with Gasteiger partial charge in [0.1, 0.15) is 5.76 Å². The summed E-state index contributed by atoms with van der Waals surface area (Å²) in [6, 6.07) is 6.30. The van der Waals surface area contributed by atoms with Gasteiger partial charge in [-0.2, -0.15) is 0 Å². The van der Waals surface area contributed by atoms with Gasteiger partial charge >= 0.3 is 0 Å². The first kappa shape index (κ1) is 15.7. The Morgan fingerprint density at radius 3 is 2.67 bits per heavy atom. The largest absolute Gasteiger partial charge is 0.496 e. The van der Waals surface area contributed by atoms with E-state index in [-0.39, 0.29) is 6.04 Å². The van der Waals surface area contributed by atoms with Crippen LogP contribution in [0, 0.1) is 0 Å². The van der Waals surface area contributed by atoms with E-state index in [9.17, 15) is 0 Å². The molecule has 0 radical (unpaired) electrons. The van der Waals surface area contributed by atoms with Gasteiger partial charge in [0.05, 0.1) is 26.9 Å². The van der Waals surface area contributed by atoms with E-state index in [4.69, 9.17) is 14.2 Å². The molecule has 1 atom stereocenters. The van der Waals surface area contributed by atoms with Crippen molar-refractivity contribution < 1.29 is 14.2 Å². The van der Waals surface area contributed by atoms with Crippen LogP contribution in [0.2, 0.25) is 0 Å². The molecule has 0 saturated heterocycles. The molecule has 0 fully saturated rings. The van der Waals surface area contributed by atoms with E-state index >= 15 is 0 Å². The van der Waals surface area contributed by atoms with Crippen molar-refractivity contribution in [1.82, 2.24) is 5.32 Å². The van der Waals surface area contributed by atoms with E-state index < -0.39 is 0 Å². The lowest BCUT2D eigenvalue weighted by atomic mass is 10.0. The van der Waals surface area contributed by atoms with E-state index in [1.54, 1.807) is 14.2 Å². The van der Waals surface area contributed by atoms with Gasteiger partial charge in [0.15, 0.2) is 11.5 Å². The van der Waals surface area contributed by atoms with Crippen molar-refractivity contribution in [1.29, 1.82) is 0 Å². The summed E-state index contributed by atoms with van der Waals surface area (Å²) in [7, 11) is 3.32. The maximum absolute atomic E-state index is 5.73. The van der Waals surface area contributed by atoms with Crippen molar-refractivity contribution in [2.75, 3.05) is 27.4 Å². The number of nitrogens with one attached hydrogen (secondary N) is 1. The molecule has 116 valence electrons. The first-order valence-corrected chi connectivity index (χ1v) is 7.55. The molecule has 1 aromatic rings. The second-order valence-electron chi connectivity index (χ2n) is 5.14. The molecule has 0 saturated carbocycles. The molecule has 0 aromatic heterocycles. The van der Waals surface area contributed by atoms with E-state index in [0.29, 0.717) is 0 Å². The van der Waals surface area contributed by atoms with Gasteiger partial charge < -0.3 is 19.5 Å². The summed E-state index contributed by atoms with van der Waals surface area (Å²) in [5.74, 6) is 2.60. The lowest BCUT2D eigenvalue weighted by molar-refractivity contribution is 0.214. The van der Waals surface area contributed by atoms with Gasteiger partial charge in [0.2, 0.25) is 0 Å². The molecule has 21 heavy (non-hydrogen) atoms. The maximum Gasteiger partial charge on any atom is 0.160 e. The predicted octanol–water partition coefficient (Wildman–Crippen LogP) is 2.92. The van der Waals surface area contributed by atoms with Gasteiger partial charge in [0, 0.05) is 6.42 Å². The molecule has 4 heteroatoms. The second kappa shape index (κ2) is 7.93. The molecule has 1 aliphatic heterocycles. The van der Waals surface area contributed by atoms with Crippen molar-refractivity contribution in [3.63, 3.8) is 0 Å². The summed E-state index contributed by atoms with van der Waals surface area (Å²) >= 11 is 0. The number of hydrogen-bond donors (Lipinski definition) is 1. The normalized spacial score (nSPS) is 15.3. The lowest BCUT2D eigenvalue weighted by Crippen LogP contribution is -2.33. The maximum atomic E-state index is 5.73. The number of methoxy groups -OCH3 is 2. The fourth-order valence-electron chi connectivity index (χ4n) is 2.51. The average Bonchev–Trinajstić information content (AvgIpc) is 3.05. The first-order chi connectivity index (χ1) is 10.3. The predicted molar refractivity (Wildman–Crippen MR) is 84.0 cm³/mol. The molecule has 2 rings (SSSR count). The van der Waals surface area contributed by atoms with Crippen LogP contribution in [0.15, 0.2) is 30.0 Å². The standard InChI is InChI=1S/C17H25NO3/c1-4-9-18-14(15-6-5-10-21-15)11-13-7-8-16(19-2)17(12-13)20-3/h6-8,12,14,18H,4-5,9-11H2,1-3H3. The Labute approximate surface area is 127 Å². The van der Waals surface area contributed by atoms with Crippen LogP contribution in [0.4, 0.5) is 0 Å². The highest BCUT2D eigenvalue weighted by molar-refractivity contribution is 5.43. The van der Waals surface area contributed by atoms with Crippen LogP contribution in [0.1, 0.15) is 25.3 Å². The molecule has 0 aliphatic carbocycles. The summed E-state index contributed by atoms with van der Waals surface area (Å²) in [5.41, 5.74) is 1.21. The van der Waals surface area contributed by atoms with Crippen molar-refractivity contribution >= 4 is 0 Å². The average molecular weight is 291 g/mol. The molecule has 1 aromatic carbocycles. The summed E-state index contributed by atoms with van der Waals surface area (Å²) in [5, 5.41) is 3.56. The van der Waals surface area contributed by atoms with Crippen LogP contribution in [-0.4, -0.2) is 33.4 Å². The van der Waals surface area contributed by atoms with Crippen molar-refractivity contribution in [3.8, 4) is 11.5 Å². The molecule has 1 N–H and O–H groups in total. The zero-order valence-corrected chi connectivity index (χ0v) is 13.1. The summed E-state index contributed by atoms with van der Waals surface area (Å²) in [4.78, 5) is 0. The quantitative estimate of drug-likeness (QED) is 0.799. The monoisotopic (exact) mass is 291 g/mol. The molecular formula is C17H25NO3. The fraction of sp³-hybridized carbons (Fsp3) is 0.529. The number of benzene rings is 1. The van der Waals surface area contributed by atoms with E-state index in [1.165, 1.54) is 5.56 Å². The van der Waals surface area contributed by atoms with Crippen LogP contribution in [0.3, 0.4) is 0 Å². The Kier molecular flexibility index (Phi) is 5.93. The SMILES string of the molecule is CCCNC(Cc1ccc(OC)c(OC)c1)C1=CCCO1. The first-order valence-electron chi connectivity index (χ1n) is 7.55. The molecule has 0 spiro atoms. The lowest BCUT2D eigenvalue weighted by Gasteiger charge is -2.20. The molecule has 0 bridgehead atoms. The third-order valence-electron chi connectivity index (χ3n) is 3.60. The van der Waals surface area contributed by atoms with Gasteiger partial charge in [-0.05, 0) is 43.2 Å². The van der Waals surface area contributed by atoms with Crippen molar-refractivity contribution in [2.45, 2.75) is 32.2 Å². The third kappa shape index (κ3) is 4.14. The van der Waals surface area contributed by atoms with Crippen LogP contribution < -0.4 is 14.8 Å². The smallest absolute Gasteiger partial charge is 0.160 e. The van der Waals surface area contributed by atoms with Gasteiger partial charge in [-0.3, -0.25) is 0 Å². The Balaban J connectivity index is 2.11. The van der Waals surface area contributed by atoms with E-state index in [0.717, 1.165) is 49.7 Å². The fourth-order valence-corrected chi connectivity index (χ4v) is 2.51. The minimum atomic E-state index is 0.227. The Hall–Kier alpha value is -1.68. The third-order valence-corrected chi connectivity index (χ3v) is 3.60. The van der Waals surface area contributed by atoms with Crippen LogP contribution in [0.5, 0.6) is 11.5 Å². The zero-order chi connectivity index (χ0) is 15.1. The van der Waals surface area contributed by atoms with Crippen molar-refractivity contribution in [3.05, 3.63) is 35.6 Å². The minimum absolute atomic E-state index is 0.227. The molecule has 4 nitrogen and oxygen atoms in total. The Bertz CT molecular complexity index is 485. The highest BCUT2D eigenvalue weighted by Gasteiger charge is 2.19. The van der Waals surface area contributed by atoms with Crippen LogP contribution in [0.25, 0.3) is 0 Å². The highest BCUT2D eigenvalue weighted by atomic mass is 16.5. The molecule has 0 amide bonds. The molecule has 1 unspecified atom stereocenters.